The van der Waals surface area contributed by atoms with E-state index >= 15 is 0 Å². The van der Waals surface area contributed by atoms with E-state index in [4.69, 9.17) is 22.3 Å². The van der Waals surface area contributed by atoms with Crippen molar-refractivity contribution in [3.63, 3.8) is 0 Å². The van der Waals surface area contributed by atoms with E-state index < -0.39 is 65.4 Å². The molecule has 0 heterocycles. The van der Waals surface area contributed by atoms with Crippen molar-refractivity contribution in [2.24, 2.45) is 22.2 Å². The Morgan fingerprint density at radius 1 is 1.06 bits per heavy atom. The molecule has 0 unspecified atom stereocenters. The lowest BCUT2D eigenvalue weighted by atomic mass is 10.0. The molecular formula is C18H34N8O6S. The largest absolute Gasteiger partial charge is 0.481 e. The van der Waals surface area contributed by atoms with Gasteiger partial charge in [0.15, 0.2) is 5.96 Å². The van der Waals surface area contributed by atoms with Crippen molar-refractivity contribution in [3.05, 3.63) is 0 Å². The first-order valence-corrected chi connectivity index (χ1v) is 10.5. The minimum Gasteiger partial charge on any atom is -0.481 e. The second-order valence-electron chi connectivity index (χ2n) is 7.70. The first kappa shape index (κ1) is 29.9. The van der Waals surface area contributed by atoms with E-state index in [-0.39, 0.29) is 18.9 Å². The fraction of sp³-hybridized carbons (Fsp3) is 0.667. The van der Waals surface area contributed by atoms with E-state index in [1.165, 1.54) is 7.05 Å². The van der Waals surface area contributed by atoms with Gasteiger partial charge in [-0.2, -0.15) is 12.6 Å². The van der Waals surface area contributed by atoms with E-state index in [9.17, 15) is 24.0 Å². The second kappa shape index (κ2) is 14.2. The van der Waals surface area contributed by atoms with E-state index in [1.54, 1.807) is 13.8 Å². The van der Waals surface area contributed by atoms with E-state index in [0.29, 0.717) is 6.42 Å². The third-order valence-electron chi connectivity index (χ3n) is 4.26. The van der Waals surface area contributed by atoms with Gasteiger partial charge in [-0.1, -0.05) is 0 Å². The lowest BCUT2D eigenvalue weighted by Gasteiger charge is -2.30. The average Bonchev–Trinajstić information content (AvgIpc) is 2.70. The number of carboxylic acids is 1. The number of nitrogens with zero attached hydrogens (tertiary/aromatic N) is 1. The van der Waals surface area contributed by atoms with Crippen LogP contribution in [0.25, 0.3) is 0 Å². The molecule has 0 rings (SSSR count). The normalized spacial score (nSPS) is 13.6. The molecule has 0 aromatic carbocycles. The van der Waals surface area contributed by atoms with Crippen LogP contribution in [0.3, 0.4) is 0 Å². The van der Waals surface area contributed by atoms with Crippen LogP contribution in [0.15, 0.2) is 4.99 Å². The molecule has 0 aromatic heterocycles. The average molecular weight is 491 g/mol. The third kappa shape index (κ3) is 12.5. The molecule has 0 saturated heterocycles. The second-order valence-corrected chi connectivity index (χ2v) is 8.85. The minimum absolute atomic E-state index is 0.0794. The highest BCUT2D eigenvalue weighted by molar-refractivity contribution is 7.81. The highest BCUT2D eigenvalue weighted by atomic mass is 32.1. The number of thiol groups is 1. The summed E-state index contributed by atoms with van der Waals surface area (Å²) in [5, 5.41) is 18.4. The number of nitrogens with one attached hydrogen (secondary N) is 4. The van der Waals surface area contributed by atoms with Gasteiger partial charge in [-0.05, 0) is 26.7 Å². The Morgan fingerprint density at radius 3 is 2.15 bits per heavy atom. The predicted molar refractivity (Wildman–Crippen MR) is 124 cm³/mol. The molecule has 0 aromatic rings. The summed E-state index contributed by atoms with van der Waals surface area (Å²) in [4.78, 5) is 63.8. The number of carbonyl (C=O) groups excluding carboxylic acids is 4. The highest BCUT2D eigenvalue weighted by Gasteiger charge is 2.35. The van der Waals surface area contributed by atoms with Crippen LogP contribution in [0.2, 0.25) is 0 Å². The Morgan fingerprint density at radius 2 is 1.67 bits per heavy atom. The summed E-state index contributed by atoms with van der Waals surface area (Å²) in [5.41, 5.74) is 16.1. The van der Waals surface area contributed by atoms with Crippen molar-refractivity contribution in [2.45, 2.75) is 56.0 Å². The number of hydrogen-bond acceptors (Lipinski definition) is 8. The quantitative estimate of drug-likeness (QED) is 0.0504. The fourth-order valence-corrected chi connectivity index (χ4v) is 2.71. The molecular weight excluding hydrogens is 456 g/mol. The van der Waals surface area contributed by atoms with Gasteiger partial charge in [-0.3, -0.25) is 29.0 Å². The monoisotopic (exact) mass is 490 g/mol. The van der Waals surface area contributed by atoms with E-state index in [0.717, 1.165) is 0 Å². The van der Waals surface area contributed by atoms with Gasteiger partial charge in [0.05, 0.1) is 19.0 Å². The molecule has 14 nitrogen and oxygen atoms in total. The Bertz CT molecular complexity index is 751. The van der Waals surface area contributed by atoms with E-state index in [2.05, 4.69) is 38.9 Å². The van der Waals surface area contributed by atoms with Gasteiger partial charge in [0.25, 0.3) is 0 Å². The molecule has 11 N–H and O–H groups in total. The van der Waals surface area contributed by atoms with Crippen LogP contribution in [0.1, 0.15) is 33.1 Å². The molecule has 4 amide bonds. The molecule has 0 spiro atoms. The molecule has 33 heavy (non-hydrogen) atoms. The van der Waals surface area contributed by atoms with Gasteiger partial charge in [0.1, 0.15) is 12.1 Å². The van der Waals surface area contributed by atoms with Crippen LogP contribution in [0.5, 0.6) is 0 Å². The number of amides is 4. The Hall–Kier alpha value is -3.07. The standard InChI is InChI=1S/C18H34N8O6S/c1-18(2,33)13(16(32)22-3)26-15(31)10(7-12(28)29)25-11(27)8-24-14(30)9(19)5-4-6-23-17(20)21/h9-10,13,33H,4-8,19H2,1-3H3,(H,22,32)(H,24,30)(H,25,27)(H,26,31)(H,28,29)(H4,20,21,23)/t9-,10-,13+/m0/s1. The number of likely N-dealkylation sites (N-methyl/N-ethyl adjacent to an activating group) is 1. The van der Waals surface area contributed by atoms with Gasteiger partial charge in [-0.25, -0.2) is 0 Å². The smallest absolute Gasteiger partial charge is 0.305 e. The molecule has 0 fully saturated rings. The van der Waals surface area contributed by atoms with Crippen molar-refractivity contribution in [2.75, 3.05) is 20.1 Å². The van der Waals surface area contributed by atoms with Crippen LogP contribution in [0, 0.1) is 0 Å². The Balaban J connectivity index is 4.94. The molecule has 15 heteroatoms. The Labute approximate surface area is 197 Å². The molecule has 0 aliphatic rings. The maximum absolute atomic E-state index is 12.6. The van der Waals surface area contributed by atoms with Crippen molar-refractivity contribution >= 4 is 48.2 Å². The zero-order valence-electron chi connectivity index (χ0n) is 18.9. The first-order chi connectivity index (χ1) is 15.2. The number of aliphatic carboxylic acids is 1. The SMILES string of the molecule is CNC(=O)[C@@H](NC(=O)[C@H](CC(=O)O)NC(=O)CNC(=O)[C@@H](N)CCCN=C(N)N)C(C)(C)S. The highest BCUT2D eigenvalue weighted by Crippen LogP contribution is 2.18. The number of carbonyl (C=O) groups is 5. The molecule has 0 saturated carbocycles. The zero-order valence-corrected chi connectivity index (χ0v) is 19.8. The van der Waals surface area contributed by atoms with Crippen molar-refractivity contribution in [1.29, 1.82) is 0 Å². The summed E-state index contributed by atoms with van der Waals surface area (Å²) in [6, 6.07) is -3.53. The lowest BCUT2D eigenvalue weighted by molar-refractivity contribution is -0.141. The predicted octanol–water partition coefficient (Wildman–Crippen LogP) is -3.62. The molecule has 0 radical (unpaired) electrons. The van der Waals surface area contributed by atoms with Gasteiger partial charge in [0.2, 0.25) is 23.6 Å². The molecule has 0 bridgehead atoms. The summed E-state index contributed by atoms with van der Waals surface area (Å²) in [6.45, 7) is 2.91. The third-order valence-corrected chi connectivity index (χ3v) is 4.52. The summed E-state index contributed by atoms with van der Waals surface area (Å²) >= 11 is 4.28. The number of guanidine groups is 1. The maximum Gasteiger partial charge on any atom is 0.305 e. The topological polar surface area (TPSA) is 244 Å². The lowest BCUT2D eigenvalue weighted by Crippen LogP contribution is -2.59. The van der Waals surface area contributed by atoms with Crippen molar-refractivity contribution in [1.82, 2.24) is 21.3 Å². The number of hydrogen-bond donors (Lipinski definition) is 9. The summed E-state index contributed by atoms with van der Waals surface area (Å²) in [7, 11) is 1.37. The minimum atomic E-state index is -1.50. The molecule has 3 atom stereocenters. The van der Waals surface area contributed by atoms with E-state index in [1.807, 2.05) is 0 Å². The van der Waals surface area contributed by atoms with Crippen molar-refractivity contribution in [3.8, 4) is 0 Å². The van der Waals surface area contributed by atoms with Crippen molar-refractivity contribution < 1.29 is 29.1 Å². The van der Waals surface area contributed by atoms with Gasteiger partial charge >= 0.3 is 5.97 Å². The van der Waals surface area contributed by atoms with Gasteiger partial charge in [0, 0.05) is 18.3 Å². The van der Waals surface area contributed by atoms with Gasteiger partial charge in [-0.15, -0.1) is 0 Å². The maximum atomic E-state index is 12.6. The number of aliphatic imine (C=N–C) groups is 1. The molecule has 188 valence electrons. The van der Waals surface area contributed by atoms with Gasteiger partial charge < -0.3 is 43.6 Å². The molecule has 0 aliphatic heterocycles. The number of carboxylic acid groups (broad SMARTS) is 1. The van der Waals surface area contributed by atoms with Crippen LogP contribution < -0.4 is 38.5 Å². The summed E-state index contributed by atoms with van der Waals surface area (Å²) in [6.07, 6.45) is -0.0501. The number of rotatable bonds is 14. The number of nitrogens with two attached hydrogens (primary N) is 3. The zero-order chi connectivity index (χ0) is 25.8. The van der Waals surface area contributed by atoms with Crippen LogP contribution in [-0.4, -0.2) is 83.7 Å². The van der Waals surface area contributed by atoms with Crippen LogP contribution >= 0.6 is 12.6 Å². The Kier molecular flexibility index (Phi) is 12.8. The molecule has 0 aliphatic carbocycles. The van der Waals surface area contributed by atoms with Crippen LogP contribution in [0.4, 0.5) is 0 Å². The first-order valence-electron chi connectivity index (χ1n) is 10.0. The summed E-state index contributed by atoms with van der Waals surface area (Å²) in [5.74, 6) is -4.33. The fourth-order valence-electron chi connectivity index (χ4n) is 2.53. The van der Waals surface area contributed by atoms with Crippen LogP contribution in [-0.2, 0) is 24.0 Å². The summed E-state index contributed by atoms with van der Waals surface area (Å²) < 4.78 is -0.987.